The van der Waals surface area contributed by atoms with Crippen molar-refractivity contribution in [1.29, 1.82) is 0 Å². The molecule has 0 aromatic heterocycles. The number of carbonyl (C=O) groups excluding carboxylic acids is 1. The van der Waals surface area contributed by atoms with Crippen molar-refractivity contribution < 1.29 is 23.4 Å². The van der Waals surface area contributed by atoms with Crippen LogP contribution in [0.4, 0.5) is 4.39 Å². The summed E-state index contributed by atoms with van der Waals surface area (Å²) in [4.78, 5) is 12.6. The fourth-order valence-corrected chi connectivity index (χ4v) is 2.83. The van der Waals surface area contributed by atoms with E-state index in [4.69, 9.17) is 14.2 Å². The first kappa shape index (κ1) is 15.4. The van der Waals surface area contributed by atoms with Crippen molar-refractivity contribution in [2.45, 2.75) is 6.42 Å². The molecule has 2 aromatic rings. The van der Waals surface area contributed by atoms with Crippen LogP contribution in [0, 0.1) is 5.82 Å². The first-order valence-corrected chi connectivity index (χ1v) is 7.78. The summed E-state index contributed by atoms with van der Waals surface area (Å²) in [6.45, 7) is 0.596. The van der Waals surface area contributed by atoms with Crippen LogP contribution in [0.1, 0.15) is 22.3 Å². The van der Waals surface area contributed by atoms with Gasteiger partial charge in [-0.15, -0.1) is 0 Å². The molecule has 0 radical (unpaired) electrons. The minimum atomic E-state index is -0.455. The first-order valence-electron chi connectivity index (χ1n) is 7.78. The number of halogens is 1. The lowest BCUT2D eigenvalue weighted by molar-refractivity contribution is 0.0778. The third kappa shape index (κ3) is 2.77. The molecule has 2 aliphatic heterocycles. The molecule has 0 bridgehead atoms. The van der Waals surface area contributed by atoms with Gasteiger partial charge in [0.1, 0.15) is 0 Å². The zero-order chi connectivity index (χ0) is 17.4. The SMILES string of the molecule is COc1ccc(C2=NN(C(=O)c3ccc4c(c3)OCO4)CC2)cc1F. The summed E-state index contributed by atoms with van der Waals surface area (Å²) >= 11 is 0. The second-order valence-electron chi connectivity index (χ2n) is 5.64. The quantitative estimate of drug-likeness (QED) is 0.861. The number of fused-ring (bicyclic) bond motifs is 1. The number of hydrogen-bond donors (Lipinski definition) is 0. The summed E-state index contributed by atoms with van der Waals surface area (Å²) in [5, 5.41) is 5.73. The molecule has 4 rings (SSSR count). The number of hydrogen-bond acceptors (Lipinski definition) is 5. The van der Waals surface area contributed by atoms with Gasteiger partial charge in [0.15, 0.2) is 23.1 Å². The molecule has 25 heavy (non-hydrogen) atoms. The molecule has 2 aliphatic rings. The Hall–Kier alpha value is -3.09. The van der Waals surface area contributed by atoms with Gasteiger partial charge in [-0.05, 0) is 36.4 Å². The minimum Gasteiger partial charge on any atom is -0.494 e. The van der Waals surface area contributed by atoms with Crippen LogP contribution in [0.2, 0.25) is 0 Å². The summed E-state index contributed by atoms with van der Waals surface area (Å²) in [5.41, 5.74) is 1.77. The first-order chi connectivity index (χ1) is 12.2. The highest BCUT2D eigenvalue weighted by molar-refractivity contribution is 6.04. The Labute approximate surface area is 143 Å². The normalized spacial score (nSPS) is 15.3. The van der Waals surface area contributed by atoms with Gasteiger partial charge in [0.05, 0.1) is 19.4 Å². The Morgan fingerprint density at radius 2 is 2.04 bits per heavy atom. The lowest BCUT2D eigenvalue weighted by atomic mass is 10.1. The molecule has 0 saturated carbocycles. The smallest absolute Gasteiger partial charge is 0.274 e. The van der Waals surface area contributed by atoms with Crippen molar-refractivity contribution in [3.05, 3.63) is 53.3 Å². The standard InChI is InChI=1S/C18H15FN2O4/c1-23-15-4-2-11(8-13(15)19)14-6-7-21(20-14)18(22)12-3-5-16-17(9-12)25-10-24-16/h2-5,8-9H,6-7,10H2,1H3. The fourth-order valence-electron chi connectivity index (χ4n) is 2.83. The maximum absolute atomic E-state index is 13.9. The maximum atomic E-state index is 13.9. The third-order valence-electron chi connectivity index (χ3n) is 4.14. The van der Waals surface area contributed by atoms with E-state index in [1.807, 2.05) is 0 Å². The molecule has 2 heterocycles. The Morgan fingerprint density at radius 3 is 2.84 bits per heavy atom. The van der Waals surface area contributed by atoms with Crippen LogP contribution in [0.25, 0.3) is 0 Å². The molecule has 128 valence electrons. The largest absolute Gasteiger partial charge is 0.494 e. The van der Waals surface area contributed by atoms with Crippen molar-refractivity contribution in [3.8, 4) is 17.2 Å². The van der Waals surface area contributed by atoms with Crippen LogP contribution in [-0.4, -0.2) is 37.1 Å². The zero-order valence-corrected chi connectivity index (χ0v) is 13.5. The Morgan fingerprint density at radius 1 is 1.20 bits per heavy atom. The molecule has 0 aliphatic carbocycles. The number of hydrazone groups is 1. The molecule has 0 unspecified atom stereocenters. The van der Waals surface area contributed by atoms with E-state index in [-0.39, 0.29) is 18.4 Å². The number of rotatable bonds is 3. The van der Waals surface area contributed by atoms with E-state index in [2.05, 4.69) is 5.10 Å². The predicted octanol–water partition coefficient (Wildman–Crippen LogP) is 2.81. The van der Waals surface area contributed by atoms with Crippen LogP contribution < -0.4 is 14.2 Å². The Balaban J connectivity index is 1.56. The van der Waals surface area contributed by atoms with Gasteiger partial charge in [0, 0.05) is 17.5 Å². The van der Waals surface area contributed by atoms with Gasteiger partial charge in [-0.1, -0.05) is 0 Å². The van der Waals surface area contributed by atoms with Crippen molar-refractivity contribution in [2.24, 2.45) is 5.10 Å². The highest BCUT2D eigenvalue weighted by Crippen LogP contribution is 2.33. The van der Waals surface area contributed by atoms with Gasteiger partial charge in [-0.25, -0.2) is 9.40 Å². The summed E-state index contributed by atoms with van der Waals surface area (Å²) < 4.78 is 29.3. The average molecular weight is 342 g/mol. The van der Waals surface area contributed by atoms with Gasteiger partial charge < -0.3 is 14.2 Å². The van der Waals surface area contributed by atoms with Crippen molar-refractivity contribution in [3.63, 3.8) is 0 Å². The number of benzene rings is 2. The van der Waals surface area contributed by atoms with Crippen LogP contribution in [0.3, 0.4) is 0 Å². The van der Waals surface area contributed by atoms with E-state index >= 15 is 0 Å². The highest BCUT2D eigenvalue weighted by atomic mass is 19.1. The van der Waals surface area contributed by atoms with Crippen LogP contribution in [0.15, 0.2) is 41.5 Å². The molecule has 6 nitrogen and oxygen atoms in total. The van der Waals surface area contributed by atoms with Crippen LogP contribution in [0.5, 0.6) is 17.2 Å². The molecule has 0 atom stereocenters. The van der Waals surface area contributed by atoms with Crippen molar-refractivity contribution >= 4 is 11.6 Å². The minimum absolute atomic E-state index is 0.155. The Bertz CT molecular complexity index is 881. The zero-order valence-electron chi connectivity index (χ0n) is 13.5. The number of amides is 1. The predicted molar refractivity (Wildman–Crippen MR) is 87.7 cm³/mol. The van der Waals surface area contributed by atoms with Gasteiger partial charge in [-0.2, -0.15) is 5.10 Å². The van der Waals surface area contributed by atoms with Crippen LogP contribution >= 0.6 is 0 Å². The van der Waals surface area contributed by atoms with E-state index < -0.39 is 5.82 Å². The summed E-state index contributed by atoms with van der Waals surface area (Å²) in [6, 6.07) is 9.67. The molecule has 0 N–H and O–H groups in total. The molecule has 7 heteroatoms. The van der Waals surface area contributed by atoms with Gasteiger partial charge in [0.2, 0.25) is 6.79 Å². The van der Waals surface area contributed by atoms with E-state index in [0.717, 1.165) is 0 Å². The average Bonchev–Trinajstić information content (AvgIpc) is 3.29. The molecule has 0 fully saturated rings. The number of methoxy groups -OCH3 is 1. The van der Waals surface area contributed by atoms with Gasteiger partial charge in [-0.3, -0.25) is 4.79 Å². The van der Waals surface area contributed by atoms with E-state index in [1.54, 1.807) is 30.3 Å². The number of ether oxygens (including phenoxy) is 3. The lowest BCUT2D eigenvalue weighted by Gasteiger charge is -2.11. The second kappa shape index (κ2) is 6.08. The molecular formula is C18H15FN2O4. The van der Waals surface area contributed by atoms with E-state index in [9.17, 15) is 9.18 Å². The lowest BCUT2D eigenvalue weighted by Crippen LogP contribution is -2.23. The molecule has 0 saturated heterocycles. The van der Waals surface area contributed by atoms with Crippen molar-refractivity contribution in [1.82, 2.24) is 5.01 Å². The summed E-state index contributed by atoms with van der Waals surface area (Å²) in [5.74, 6) is 0.656. The van der Waals surface area contributed by atoms with Gasteiger partial charge in [0.25, 0.3) is 5.91 Å². The van der Waals surface area contributed by atoms with Gasteiger partial charge >= 0.3 is 0 Å². The summed E-state index contributed by atoms with van der Waals surface area (Å²) in [6.07, 6.45) is 0.558. The van der Waals surface area contributed by atoms with E-state index in [0.29, 0.717) is 41.3 Å². The molecule has 2 aromatic carbocycles. The molecule has 0 spiro atoms. The second-order valence-corrected chi connectivity index (χ2v) is 5.64. The number of carbonyl (C=O) groups is 1. The monoisotopic (exact) mass is 342 g/mol. The Kier molecular flexibility index (Phi) is 3.76. The van der Waals surface area contributed by atoms with Crippen molar-refractivity contribution in [2.75, 3.05) is 20.4 Å². The number of nitrogens with zero attached hydrogens (tertiary/aromatic N) is 2. The maximum Gasteiger partial charge on any atom is 0.274 e. The molecular weight excluding hydrogens is 327 g/mol. The fraction of sp³-hybridized carbons (Fsp3) is 0.222. The molecule has 1 amide bonds. The highest BCUT2D eigenvalue weighted by Gasteiger charge is 2.25. The third-order valence-corrected chi connectivity index (χ3v) is 4.14. The van der Waals surface area contributed by atoms with Crippen LogP contribution in [-0.2, 0) is 0 Å². The topological polar surface area (TPSA) is 60.4 Å². The summed E-state index contributed by atoms with van der Waals surface area (Å²) in [7, 11) is 1.41. The van der Waals surface area contributed by atoms with E-state index in [1.165, 1.54) is 18.2 Å².